The van der Waals surface area contributed by atoms with Crippen LogP contribution in [0.25, 0.3) is 0 Å². The van der Waals surface area contributed by atoms with E-state index in [4.69, 9.17) is 5.73 Å². The van der Waals surface area contributed by atoms with E-state index in [1.54, 1.807) is 4.90 Å². The van der Waals surface area contributed by atoms with Gasteiger partial charge >= 0.3 is 0 Å². The summed E-state index contributed by atoms with van der Waals surface area (Å²) < 4.78 is 1.97. The molecule has 2 amide bonds. The summed E-state index contributed by atoms with van der Waals surface area (Å²) in [7, 11) is 0. The molecule has 0 aliphatic carbocycles. The first-order chi connectivity index (χ1) is 13.4. The highest BCUT2D eigenvalue weighted by Gasteiger charge is 2.15. The molecule has 0 unspecified atom stereocenters. The van der Waals surface area contributed by atoms with E-state index in [1.165, 1.54) is 5.56 Å². The molecule has 28 heavy (non-hydrogen) atoms. The standard InChI is InChI=1S/C21H31N5O2/c1-4-5-11-25(14-20(22)27)15-21(28)23-12-19-16(2)24-26(17(19)3)13-18-9-7-6-8-10-18/h6-10H,4-5,11-15H2,1-3H3,(H2,22,27)(H,23,28). The van der Waals surface area contributed by atoms with Gasteiger partial charge in [-0.15, -0.1) is 0 Å². The summed E-state index contributed by atoms with van der Waals surface area (Å²) >= 11 is 0. The molecule has 1 aromatic heterocycles. The lowest BCUT2D eigenvalue weighted by Crippen LogP contribution is -2.41. The van der Waals surface area contributed by atoms with Gasteiger partial charge in [0, 0.05) is 17.8 Å². The summed E-state index contributed by atoms with van der Waals surface area (Å²) in [6, 6.07) is 10.2. The number of primary amides is 1. The number of rotatable bonds is 11. The number of carbonyl (C=O) groups is 2. The van der Waals surface area contributed by atoms with Crippen LogP contribution in [-0.2, 0) is 22.7 Å². The minimum Gasteiger partial charge on any atom is -0.369 e. The third-order valence-corrected chi connectivity index (χ3v) is 4.74. The van der Waals surface area contributed by atoms with Gasteiger partial charge in [0.15, 0.2) is 0 Å². The maximum atomic E-state index is 12.4. The van der Waals surface area contributed by atoms with Crippen molar-refractivity contribution >= 4 is 11.8 Å². The van der Waals surface area contributed by atoms with E-state index >= 15 is 0 Å². The number of aryl methyl sites for hydroxylation is 1. The maximum absolute atomic E-state index is 12.4. The average molecular weight is 386 g/mol. The molecule has 0 saturated heterocycles. The van der Waals surface area contributed by atoms with Gasteiger partial charge in [0.2, 0.25) is 11.8 Å². The first-order valence-electron chi connectivity index (χ1n) is 9.74. The molecule has 2 aromatic rings. The summed E-state index contributed by atoms with van der Waals surface area (Å²) in [6.07, 6.45) is 1.92. The van der Waals surface area contributed by atoms with Gasteiger partial charge in [-0.05, 0) is 32.4 Å². The average Bonchev–Trinajstić information content (AvgIpc) is 2.91. The lowest BCUT2D eigenvalue weighted by molar-refractivity contribution is -0.124. The van der Waals surface area contributed by atoms with E-state index < -0.39 is 5.91 Å². The topological polar surface area (TPSA) is 93.2 Å². The van der Waals surface area contributed by atoms with Crippen molar-refractivity contribution in [1.82, 2.24) is 20.0 Å². The Morgan fingerprint density at radius 1 is 1.18 bits per heavy atom. The van der Waals surface area contributed by atoms with Crippen molar-refractivity contribution in [3.63, 3.8) is 0 Å². The Balaban J connectivity index is 1.95. The molecule has 0 bridgehead atoms. The zero-order valence-electron chi connectivity index (χ0n) is 17.1. The summed E-state index contributed by atoms with van der Waals surface area (Å²) in [4.78, 5) is 25.4. The molecule has 2 rings (SSSR count). The number of unbranched alkanes of at least 4 members (excludes halogenated alkanes) is 1. The van der Waals surface area contributed by atoms with Crippen LogP contribution in [0.5, 0.6) is 0 Å². The number of amides is 2. The minimum absolute atomic E-state index is 0.0977. The van der Waals surface area contributed by atoms with Crippen LogP contribution in [0.4, 0.5) is 0 Å². The van der Waals surface area contributed by atoms with Crippen molar-refractivity contribution in [2.24, 2.45) is 5.73 Å². The van der Waals surface area contributed by atoms with Gasteiger partial charge < -0.3 is 11.1 Å². The van der Waals surface area contributed by atoms with Gasteiger partial charge in [0.25, 0.3) is 0 Å². The lowest BCUT2D eigenvalue weighted by Gasteiger charge is -2.19. The molecular formula is C21H31N5O2. The summed E-state index contributed by atoms with van der Waals surface area (Å²) in [5.74, 6) is -0.537. The number of hydrogen-bond donors (Lipinski definition) is 2. The van der Waals surface area contributed by atoms with Crippen LogP contribution < -0.4 is 11.1 Å². The number of hydrogen-bond acceptors (Lipinski definition) is 4. The number of benzene rings is 1. The van der Waals surface area contributed by atoms with Crippen molar-refractivity contribution < 1.29 is 9.59 Å². The van der Waals surface area contributed by atoms with Crippen LogP contribution in [0.1, 0.15) is 42.3 Å². The second-order valence-electron chi connectivity index (χ2n) is 7.10. The van der Waals surface area contributed by atoms with Gasteiger partial charge in [-0.25, -0.2) is 0 Å². The van der Waals surface area contributed by atoms with Crippen LogP contribution in [0.2, 0.25) is 0 Å². The molecule has 1 heterocycles. The van der Waals surface area contributed by atoms with Crippen molar-refractivity contribution in [3.8, 4) is 0 Å². The van der Waals surface area contributed by atoms with Gasteiger partial charge in [-0.2, -0.15) is 5.10 Å². The Bertz CT molecular complexity index is 786. The zero-order chi connectivity index (χ0) is 20.5. The number of carbonyl (C=O) groups excluding carboxylic acids is 2. The molecule has 7 heteroatoms. The molecule has 0 saturated carbocycles. The Morgan fingerprint density at radius 2 is 1.89 bits per heavy atom. The molecule has 0 spiro atoms. The van der Waals surface area contributed by atoms with Gasteiger partial charge in [-0.3, -0.25) is 19.2 Å². The summed E-state index contributed by atoms with van der Waals surface area (Å²) in [6.45, 7) is 8.11. The van der Waals surface area contributed by atoms with E-state index in [-0.39, 0.29) is 19.0 Å². The zero-order valence-corrected chi connectivity index (χ0v) is 17.1. The molecule has 0 atom stereocenters. The monoisotopic (exact) mass is 385 g/mol. The maximum Gasteiger partial charge on any atom is 0.234 e. The Morgan fingerprint density at radius 3 is 2.54 bits per heavy atom. The SMILES string of the molecule is CCCCN(CC(N)=O)CC(=O)NCc1c(C)nn(Cc2ccccc2)c1C. The number of nitrogens with two attached hydrogens (primary N) is 1. The predicted octanol–water partition coefficient (Wildman–Crippen LogP) is 1.75. The first-order valence-corrected chi connectivity index (χ1v) is 9.74. The summed E-state index contributed by atoms with van der Waals surface area (Å²) in [5.41, 5.74) is 9.45. The second kappa shape index (κ2) is 10.6. The van der Waals surface area contributed by atoms with Crippen molar-refractivity contribution in [3.05, 3.63) is 52.8 Å². The highest BCUT2D eigenvalue weighted by atomic mass is 16.2. The molecule has 0 radical (unpaired) electrons. The van der Waals surface area contributed by atoms with Crippen LogP contribution in [0, 0.1) is 13.8 Å². The Kier molecular flexibility index (Phi) is 8.19. The quantitative estimate of drug-likeness (QED) is 0.616. The van der Waals surface area contributed by atoms with Gasteiger partial charge in [-0.1, -0.05) is 43.7 Å². The molecule has 7 nitrogen and oxygen atoms in total. The Hall–Kier alpha value is -2.67. The van der Waals surface area contributed by atoms with Crippen molar-refractivity contribution in [1.29, 1.82) is 0 Å². The molecule has 0 fully saturated rings. The highest BCUT2D eigenvalue weighted by Crippen LogP contribution is 2.14. The van der Waals surface area contributed by atoms with Crippen LogP contribution >= 0.6 is 0 Å². The fourth-order valence-electron chi connectivity index (χ4n) is 3.16. The highest BCUT2D eigenvalue weighted by molar-refractivity contribution is 5.80. The third-order valence-electron chi connectivity index (χ3n) is 4.74. The van der Waals surface area contributed by atoms with E-state index in [2.05, 4.69) is 29.5 Å². The number of nitrogens with zero attached hydrogens (tertiary/aromatic N) is 3. The fourth-order valence-corrected chi connectivity index (χ4v) is 3.16. The van der Waals surface area contributed by atoms with Crippen LogP contribution in [-0.4, -0.2) is 46.1 Å². The molecule has 0 aliphatic heterocycles. The number of nitrogens with one attached hydrogen (secondary N) is 1. The van der Waals surface area contributed by atoms with Crippen molar-refractivity contribution in [2.45, 2.75) is 46.7 Å². The fraction of sp³-hybridized carbons (Fsp3) is 0.476. The van der Waals surface area contributed by atoms with Gasteiger partial charge in [0.05, 0.1) is 25.3 Å². The normalized spacial score (nSPS) is 11.0. The largest absolute Gasteiger partial charge is 0.369 e. The van der Waals surface area contributed by atoms with Gasteiger partial charge in [0.1, 0.15) is 0 Å². The first kappa shape index (κ1) is 21.6. The molecule has 0 aliphatic rings. The molecular weight excluding hydrogens is 354 g/mol. The van der Waals surface area contributed by atoms with E-state index in [0.29, 0.717) is 19.6 Å². The third kappa shape index (κ3) is 6.49. The molecule has 152 valence electrons. The predicted molar refractivity (Wildman–Crippen MR) is 110 cm³/mol. The van der Waals surface area contributed by atoms with Crippen molar-refractivity contribution in [2.75, 3.05) is 19.6 Å². The lowest BCUT2D eigenvalue weighted by atomic mass is 10.2. The molecule has 3 N–H and O–H groups in total. The van der Waals surface area contributed by atoms with Crippen LogP contribution in [0.15, 0.2) is 30.3 Å². The second-order valence-corrected chi connectivity index (χ2v) is 7.10. The van der Waals surface area contributed by atoms with E-state index in [0.717, 1.165) is 29.8 Å². The van der Waals surface area contributed by atoms with E-state index in [1.807, 2.05) is 36.7 Å². The smallest absolute Gasteiger partial charge is 0.234 e. The minimum atomic E-state index is -0.419. The van der Waals surface area contributed by atoms with E-state index in [9.17, 15) is 9.59 Å². The van der Waals surface area contributed by atoms with Crippen LogP contribution in [0.3, 0.4) is 0 Å². The Labute approximate surface area is 166 Å². The summed E-state index contributed by atoms with van der Waals surface area (Å²) in [5, 5.41) is 7.57. The molecule has 1 aromatic carbocycles. The number of aromatic nitrogens is 2.